The van der Waals surface area contributed by atoms with E-state index in [1.807, 2.05) is 37.2 Å². The second-order valence-electron chi connectivity index (χ2n) is 5.26. The van der Waals surface area contributed by atoms with E-state index >= 15 is 0 Å². The molecule has 0 unspecified atom stereocenters. The number of para-hydroxylation sites is 1. The molecule has 0 amide bonds. The Morgan fingerprint density at radius 2 is 1.90 bits per heavy atom. The molecule has 0 saturated heterocycles. The topological polar surface area (TPSA) is 78.1 Å². The number of benzene rings is 1. The van der Waals surface area contributed by atoms with Gasteiger partial charge in [-0.3, -0.25) is 9.82 Å². The molecule has 1 aromatic heterocycles. The average molecular weight is 308 g/mol. The molecule has 2 aromatic rings. The molecule has 114 valence electrons. The van der Waals surface area contributed by atoms with Gasteiger partial charge in [0.15, 0.2) is 0 Å². The number of H-pyrrole nitrogens is 1. The largest absolute Gasteiger partial charge is 0.305 e. The van der Waals surface area contributed by atoms with Crippen LogP contribution in [0.15, 0.2) is 29.2 Å². The van der Waals surface area contributed by atoms with Crippen molar-refractivity contribution in [1.29, 1.82) is 0 Å². The Morgan fingerprint density at radius 1 is 1.24 bits per heavy atom. The monoisotopic (exact) mass is 308 g/mol. The minimum absolute atomic E-state index is 0.210. The molecule has 0 saturated carbocycles. The summed E-state index contributed by atoms with van der Waals surface area (Å²) in [4.78, 5) is 2.20. The van der Waals surface area contributed by atoms with E-state index in [4.69, 9.17) is 0 Å². The Hall–Kier alpha value is -1.86. The first kappa shape index (κ1) is 15.5. The Kier molecular flexibility index (Phi) is 4.34. The maximum absolute atomic E-state index is 12.6. The zero-order valence-corrected chi connectivity index (χ0v) is 13.5. The Labute approximate surface area is 125 Å². The van der Waals surface area contributed by atoms with Gasteiger partial charge in [0.05, 0.1) is 17.1 Å². The molecule has 0 radical (unpaired) electrons. The summed E-state index contributed by atoms with van der Waals surface area (Å²) in [5, 5.41) is 6.64. The molecule has 0 fully saturated rings. The average Bonchev–Trinajstić information content (AvgIpc) is 2.71. The summed E-state index contributed by atoms with van der Waals surface area (Å²) in [5.74, 6) is 0. The van der Waals surface area contributed by atoms with Crippen molar-refractivity contribution in [2.45, 2.75) is 25.3 Å². The molecule has 0 bridgehead atoms. The predicted octanol–water partition coefficient (Wildman–Crippen LogP) is 1.89. The molecule has 6 nitrogen and oxygen atoms in total. The lowest BCUT2D eigenvalue weighted by molar-refractivity contribution is 0.403. The molecule has 7 heteroatoms. The number of anilines is 1. The van der Waals surface area contributed by atoms with Crippen LogP contribution in [0.5, 0.6) is 0 Å². The first-order valence-corrected chi connectivity index (χ1v) is 8.06. The van der Waals surface area contributed by atoms with Gasteiger partial charge in [-0.25, -0.2) is 8.42 Å². The van der Waals surface area contributed by atoms with E-state index in [9.17, 15) is 8.42 Å². The quantitative estimate of drug-likeness (QED) is 0.884. The lowest BCUT2D eigenvalue weighted by Crippen LogP contribution is -2.18. The first-order chi connectivity index (χ1) is 9.81. The summed E-state index contributed by atoms with van der Waals surface area (Å²) < 4.78 is 27.8. The van der Waals surface area contributed by atoms with Gasteiger partial charge in [0.25, 0.3) is 10.0 Å². The van der Waals surface area contributed by atoms with Crippen LogP contribution in [0, 0.1) is 13.8 Å². The van der Waals surface area contributed by atoms with Gasteiger partial charge in [-0.1, -0.05) is 18.2 Å². The van der Waals surface area contributed by atoms with Gasteiger partial charge in [-0.2, -0.15) is 5.10 Å². The van der Waals surface area contributed by atoms with E-state index in [-0.39, 0.29) is 4.90 Å². The van der Waals surface area contributed by atoms with Crippen molar-refractivity contribution in [3.63, 3.8) is 0 Å². The van der Waals surface area contributed by atoms with Gasteiger partial charge in [-0.15, -0.1) is 0 Å². The highest BCUT2D eigenvalue weighted by molar-refractivity contribution is 7.92. The van der Waals surface area contributed by atoms with Crippen molar-refractivity contribution in [3.8, 4) is 0 Å². The molecule has 0 aliphatic carbocycles. The number of aromatic amines is 1. The number of hydrogen-bond acceptors (Lipinski definition) is 4. The van der Waals surface area contributed by atoms with Crippen molar-refractivity contribution in [2.24, 2.45) is 0 Å². The van der Waals surface area contributed by atoms with Crippen molar-refractivity contribution in [2.75, 3.05) is 18.8 Å². The summed E-state index contributed by atoms with van der Waals surface area (Å²) in [7, 11) is 0.228. The highest BCUT2D eigenvalue weighted by Gasteiger charge is 2.23. The van der Waals surface area contributed by atoms with Gasteiger partial charge in [0.2, 0.25) is 0 Å². The summed E-state index contributed by atoms with van der Waals surface area (Å²) in [6.07, 6.45) is 0. The van der Waals surface area contributed by atoms with E-state index in [0.717, 1.165) is 5.56 Å². The molecule has 0 aliphatic rings. The summed E-state index contributed by atoms with van der Waals surface area (Å²) in [6.45, 7) is 4.02. The third-order valence-corrected chi connectivity index (χ3v) is 4.71. The van der Waals surface area contributed by atoms with E-state index < -0.39 is 10.0 Å². The van der Waals surface area contributed by atoms with Crippen molar-refractivity contribution in [3.05, 3.63) is 41.2 Å². The Bertz CT molecular complexity index is 716. The summed E-state index contributed by atoms with van der Waals surface area (Å²) in [5.41, 5.74) is 2.51. The van der Waals surface area contributed by atoms with Crippen molar-refractivity contribution < 1.29 is 8.42 Å². The highest BCUT2D eigenvalue weighted by atomic mass is 32.2. The SMILES string of the molecule is Cc1n[nH]c(C)c1S(=O)(=O)Nc1ccccc1CN(C)C. The number of nitrogens with zero attached hydrogens (tertiary/aromatic N) is 2. The highest BCUT2D eigenvalue weighted by Crippen LogP contribution is 2.23. The fourth-order valence-electron chi connectivity index (χ4n) is 2.23. The second-order valence-corrected chi connectivity index (χ2v) is 6.88. The number of nitrogens with one attached hydrogen (secondary N) is 2. The number of aryl methyl sites for hydroxylation is 2. The molecule has 0 aliphatic heterocycles. The van der Waals surface area contributed by atoms with Crippen LogP contribution in [0.2, 0.25) is 0 Å². The molecular weight excluding hydrogens is 288 g/mol. The minimum Gasteiger partial charge on any atom is -0.305 e. The summed E-state index contributed by atoms with van der Waals surface area (Å²) in [6, 6.07) is 7.38. The predicted molar refractivity (Wildman–Crippen MR) is 82.7 cm³/mol. The zero-order chi connectivity index (χ0) is 15.6. The fourth-order valence-corrected chi connectivity index (χ4v) is 3.70. The van der Waals surface area contributed by atoms with Crippen LogP contribution in [0.3, 0.4) is 0 Å². The van der Waals surface area contributed by atoms with Crippen LogP contribution in [0.25, 0.3) is 0 Å². The molecule has 1 aromatic carbocycles. The van der Waals surface area contributed by atoms with E-state index in [1.165, 1.54) is 0 Å². The van der Waals surface area contributed by atoms with Gasteiger partial charge in [0, 0.05) is 6.54 Å². The van der Waals surface area contributed by atoms with Gasteiger partial charge < -0.3 is 4.90 Å². The molecule has 1 heterocycles. The lowest BCUT2D eigenvalue weighted by atomic mass is 10.2. The van der Waals surface area contributed by atoms with Crippen LogP contribution in [-0.2, 0) is 16.6 Å². The number of rotatable bonds is 5. The Morgan fingerprint density at radius 3 is 2.48 bits per heavy atom. The van der Waals surface area contributed by atoms with Crippen LogP contribution >= 0.6 is 0 Å². The van der Waals surface area contributed by atoms with Gasteiger partial charge in [0.1, 0.15) is 4.90 Å². The smallest absolute Gasteiger partial charge is 0.265 e. The van der Waals surface area contributed by atoms with Crippen LogP contribution in [0.1, 0.15) is 17.0 Å². The number of hydrogen-bond donors (Lipinski definition) is 2. The van der Waals surface area contributed by atoms with Crippen LogP contribution < -0.4 is 4.72 Å². The molecular formula is C14H20N4O2S. The maximum Gasteiger partial charge on any atom is 0.265 e. The van der Waals surface area contributed by atoms with Crippen LogP contribution in [0.4, 0.5) is 5.69 Å². The zero-order valence-electron chi connectivity index (χ0n) is 12.6. The molecule has 21 heavy (non-hydrogen) atoms. The lowest BCUT2D eigenvalue weighted by Gasteiger charge is -2.15. The Balaban J connectivity index is 2.38. The third kappa shape index (κ3) is 3.43. The number of aromatic nitrogens is 2. The van der Waals surface area contributed by atoms with E-state index in [2.05, 4.69) is 14.9 Å². The number of sulfonamides is 1. The molecule has 2 rings (SSSR count). The molecule has 0 spiro atoms. The minimum atomic E-state index is -3.65. The standard InChI is InChI=1S/C14H20N4O2S/c1-10-14(11(2)16-15-10)21(19,20)17-13-8-6-5-7-12(13)9-18(3)4/h5-8,17H,9H2,1-4H3,(H,15,16). The maximum atomic E-state index is 12.6. The van der Waals surface area contributed by atoms with Crippen LogP contribution in [-0.4, -0.2) is 37.6 Å². The second kappa shape index (κ2) is 5.87. The third-order valence-electron chi connectivity index (χ3n) is 3.08. The van der Waals surface area contributed by atoms with Crippen molar-refractivity contribution in [1.82, 2.24) is 15.1 Å². The first-order valence-electron chi connectivity index (χ1n) is 6.58. The normalized spacial score (nSPS) is 11.9. The van der Waals surface area contributed by atoms with Gasteiger partial charge in [-0.05, 0) is 39.6 Å². The van der Waals surface area contributed by atoms with E-state index in [1.54, 1.807) is 19.9 Å². The molecule has 2 N–H and O–H groups in total. The van der Waals surface area contributed by atoms with Crippen molar-refractivity contribution >= 4 is 15.7 Å². The fraction of sp³-hybridized carbons (Fsp3) is 0.357. The summed E-state index contributed by atoms with van der Waals surface area (Å²) >= 11 is 0. The van der Waals surface area contributed by atoms with E-state index in [0.29, 0.717) is 23.6 Å². The van der Waals surface area contributed by atoms with Gasteiger partial charge >= 0.3 is 0 Å². The molecule has 0 atom stereocenters.